The van der Waals surface area contributed by atoms with Gasteiger partial charge >= 0.3 is 0 Å². The molecule has 5 fully saturated rings. The van der Waals surface area contributed by atoms with E-state index >= 15 is 0 Å². The second-order valence-corrected chi connectivity index (χ2v) is 8.50. The van der Waals surface area contributed by atoms with Crippen molar-refractivity contribution in [1.29, 1.82) is 0 Å². The van der Waals surface area contributed by atoms with Crippen LogP contribution in [-0.4, -0.2) is 24.8 Å². The van der Waals surface area contributed by atoms with E-state index in [4.69, 9.17) is 0 Å². The Hall–Kier alpha value is -0.0800. The smallest absolute Gasteiger partial charge is 0.0488 e. The van der Waals surface area contributed by atoms with Crippen LogP contribution < -0.4 is 5.32 Å². The van der Waals surface area contributed by atoms with Gasteiger partial charge in [-0.1, -0.05) is 0 Å². The van der Waals surface area contributed by atoms with Crippen molar-refractivity contribution in [3.63, 3.8) is 0 Å². The number of hydrogen-bond donors (Lipinski definition) is 2. The molecule has 0 radical (unpaired) electrons. The Morgan fingerprint density at radius 2 is 1.42 bits per heavy atom. The average Bonchev–Trinajstić information content (AvgIpc) is 2.37. The summed E-state index contributed by atoms with van der Waals surface area (Å²) in [5.41, 5.74) is 0.895. The molecule has 0 atom stereocenters. The van der Waals surface area contributed by atoms with Crippen molar-refractivity contribution in [1.82, 2.24) is 5.32 Å². The molecule has 19 heavy (non-hydrogen) atoms. The first-order valence-corrected chi connectivity index (χ1v) is 8.53. The highest BCUT2D eigenvalue weighted by Crippen LogP contribution is 2.63. The summed E-state index contributed by atoms with van der Waals surface area (Å²) in [4.78, 5) is 0. The first-order chi connectivity index (χ1) is 9.21. The van der Waals surface area contributed by atoms with Gasteiger partial charge < -0.3 is 10.4 Å². The van der Waals surface area contributed by atoms with Crippen LogP contribution in [0, 0.1) is 28.6 Å². The summed E-state index contributed by atoms with van der Waals surface area (Å²) in [6.07, 6.45) is 12.8. The normalized spacial score (nSPS) is 47.5. The van der Waals surface area contributed by atoms with Crippen LogP contribution in [0.15, 0.2) is 0 Å². The van der Waals surface area contributed by atoms with Crippen molar-refractivity contribution < 1.29 is 5.11 Å². The first-order valence-electron chi connectivity index (χ1n) is 8.53. The predicted octanol–water partition coefficient (Wildman–Crippen LogP) is 2.96. The van der Waals surface area contributed by atoms with Crippen molar-refractivity contribution in [3.8, 4) is 0 Å². The zero-order valence-electron chi connectivity index (χ0n) is 12.2. The van der Waals surface area contributed by atoms with Gasteiger partial charge in [-0.3, -0.25) is 0 Å². The van der Waals surface area contributed by atoms with E-state index in [1.54, 1.807) is 0 Å². The molecular weight excluding hydrogens is 234 g/mol. The van der Waals surface area contributed by atoms with Gasteiger partial charge in [0, 0.05) is 6.61 Å². The summed E-state index contributed by atoms with van der Waals surface area (Å²) in [5, 5.41) is 13.5. The Labute approximate surface area is 117 Å². The number of piperidine rings is 1. The van der Waals surface area contributed by atoms with Crippen LogP contribution in [0.2, 0.25) is 0 Å². The predicted molar refractivity (Wildman–Crippen MR) is 76.8 cm³/mol. The summed E-state index contributed by atoms with van der Waals surface area (Å²) in [7, 11) is 0. The molecule has 1 saturated heterocycles. The van der Waals surface area contributed by atoms with E-state index in [0.29, 0.717) is 12.0 Å². The molecule has 0 amide bonds. The molecule has 5 rings (SSSR count). The molecule has 0 aromatic heterocycles. The van der Waals surface area contributed by atoms with E-state index in [2.05, 4.69) is 5.32 Å². The lowest BCUT2D eigenvalue weighted by atomic mass is 9.46. The van der Waals surface area contributed by atoms with E-state index in [0.717, 1.165) is 30.8 Å². The summed E-state index contributed by atoms with van der Waals surface area (Å²) in [5.74, 6) is 3.14. The number of hydrogen-bond acceptors (Lipinski definition) is 2. The van der Waals surface area contributed by atoms with Crippen molar-refractivity contribution in [3.05, 3.63) is 0 Å². The van der Waals surface area contributed by atoms with Crippen molar-refractivity contribution in [2.45, 2.75) is 57.8 Å². The third-order valence-electron chi connectivity index (χ3n) is 6.91. The molecule has 1 heterocycles. The maximum Gasteiger partial charge on any atom is 0.0488 e. The highest BCUT2D eigenvalue weighted by molar-refractivity contribution is 5.04. The quantitative estimate of drug-likeness (QED) is 0.820. The lowest BCUT2D eigenvalue weighted by Crippen LogP contribution is -2.50. The van der Waals surface area contributed by atoms with Gasteiger partial charge in [0.25, 0.3) is 0 Å². The number of aliphatic hydroxyl groups is 1. The van der Waals surface area contributed by atoms with Gasteiger partial charge in [-0.05, 0) is 99.5 Å². The molecule has 2 N–H and O–H groups in total. The SMILES string of the molecule is OCC1(CC23CC4CC(CC(C4)C2)C3)CCNCC1. The van der Waals surface area contributed by atoms with Gasteiger partial charge in [0.05, 0.1) is 0 Å². The molecule has 108 valence electrons. The fraction of sp³-hybridized carbons (Fsp3) is 1.00. The van der Waals surface area contributed by atoms with Gasteiger partial charge in [-0.15, -0.1) is 0 Å². The number of nitrogens with one attached hydrogen (secondary N) is 1. The van der Waals surface area contributed by atoms with Crippen molar-refractivity contribution in [2.24, 2.45) is 28.6 Å². The molecule has 0 aromatic rings. The third-order valence-corrected chi connectivity index (χ3v) is 6.91. The van der Waals surface area contributed by atoms with Crippen molar-refractivity contribution >= 4 is 0 Å². The minimum atomic E-state index is 0.261. The molecule has 1 aliphatic heterocycles. The van der Waals surface area contributed by atoms with Gasteiger partial charge in [0.15, 0.2) is 0 Å². The minimum Gasteiger partial charge on any atom is -0.396 e. The van der Waals surface area contributed by atoms with Crippen LogP contribution in [-0.2, 0) is 0 Å². The van der Waals surface area contributed by atoms with Crippen LogP contribution in [0.1, 0.15) is 57.8 Å². The maximum atomic E-state index is 10.0. The van der Waals surface area contributed by atoms with E-state index < -0.39 is 0 Å². The zero-order chi connectivity index (χ0) is 12.9. The Kier molecular flexibility index (Phi) is 2.97. The second kappa shape index (κ2) is 4.46. The fourth-order valence-electron chi connectivity index (χ4n) is 6.65. The summed E-state index contributed by atoms with van der Waals surface area (Å²) in [6.45, 7) is 2.66. The number of aliphatic hydroxyl groups excluding tert-OH is 1. The number of rotatable bonds is 3. The Morgan fingerprint density at radius 1 is 0.895 bits per heavy atom. The third kappa shape index (κ3) is 2.15. The van der Waals surface area contributed by atoms with Crippen LogP contribution >= 0.6 is 0 Å². The molecular formula is C17H29NO. The maximum absolute atomic E-state index is 10.0. The van der Waals surface area contributed by atoms with E-state index in [9.17, 15) is 5.11 Å². The zero-order valence-corrected chi connectivity index (χ0v) is 12.2. The van der Waals surface area contributed by atoms with Crippen LogP contribution in [0.5, 0.6) is 0 Å². The summed E-state index contributed by atoms with van der Waals surface area (Å²) >= 11 is 0. The standard InChI is InChI=1S/C17H29NO/c19-12-16(1-3-18-4-2-16)11-17-8-13-5-14(9-17)7-15(6-13)10-17/h13-15,18-19H,1-12H2. The largest absolute Gasteiger partial charge is 0.396 e. The molecule has 0 spiro atoms. The highest BCUT2D eigenvalue weighted by Gasteiger charge is 2.53. The monoisotopic (exact) mass is 263 g/mol. The molecule has 5 aliphatic rings. The summed E-state index contributed by atoms with van der Waals surface area (Å²) < 4.78 is 0. The lowest BCUT2D eigenvalue weighted by Gasteiger charge is -2.59. The molecule has 0 aromatic carbocycles. The molecule has 0 unspecified atom stereocenters. The van der Waals surface area contributed by atoms with Crippen LogP contribution in [0.25, 0.3) is 0 Å². The Bertz CT molecular complexity index is 310. The van der Waals surface area contributed by atoms with E-state index in [-0.39, 0.29) is 5.41 Å². The Morgan fingerprint density at radius 3 is 1.89 bits per heavy atom. The topological polar surface area (TPSA) is 32.3 Å². The fourth-order valence-corrected chi connectivity index (χ4v) is 6.65. The lowest BCUT2D eigenvalue weighted by molar-refractivity contribution is -0.0912. The molecule has 2 nitrogen and oxygen atoms in total. The van der Waals surface area contributed by atoms with Gasteiger partial charge in [0.1, 0.15) is 0 Å². The highest BCUT2D eigenvalue weighted by atomic mass is 16.3. The average molecular weight is 263 g/mol. The van der Waals surface area contributed by atoms with Crippen molar-refractivity contribution in [2.75, 3.05) is 19.7 Å². The van der Waals surface area contributed by atoms with E-state index in [1.807, 2.05) is 0 Å². The molecule has 2 heteroatoms. The van der Waals surface area contributed by atoms with Crippen LogP contribution in [0.3, 0.4) is 0 Å². The molecule has 4 bridgehead atoms. The molecule has 4 aliphatic carbocycles. The van der Waals surface area contributed by atoms with E-state index in [1.165, 1.54) is 57.8 Å². The molecule has 4 saturated carbocycles. The van der Waals surface area contributed by atoms with Crippen LogP contribution in [0.4, 0.5) is 0 Å². The van der Waals surface area contributed by atoms with Gasteiger partial charge in [0.2, 0.25) is 0 Å². The summed E-state index contributed by atoms with van der Waals surface area (Å²) in [6, 6.07) is 0. The second-order valence-electron chi connectivity index (χ2n) is 8.50. The first kappa shape index (κ1) is 12.6. The minimum absolute atomic E-state index is 0.261. The Balaban J connectivity index is 1.55. The van der Waals surface area contributed by atoms with Gasteiger partial charge in [-0.2, -0.15) is 0 Å². The van der Waals surface area contributed by atoms with Gasteiger partial charge in [-0.25, -0.2) is 0 Å².